The standard InChI is InChI=1S/C2HN3O4S/c6-1-3-4-2(7)5-10(8)9/h1H. The Morgan fingerprint density at radius 3 is 2.40 bits per heavy atom. The van der Waals surface area contributed by atoms with E-state index in [4.69, 9.17) is 0 Å². The van der Waals surface area contributed by atoms with Crippen molar-refractivity contribution >= 4 is 22.9 Å². The van der Waals surface area contributed by atoms with E-state index in [2.05, 4.69) is 14.6 Å². The minimum absolute atomic E-state index is 0.0128. The molecule has 0 fully saturated rings. The second kappa shape index (κ2) is 4.44. The van der Waals surface area contributed by atoms with Gasteiger partial charge in [-0.25, -0.2) is 4.79 Å². The summed E-state index contributed by atoms with van der Waals surface area (Å²) in [5.74, 6) is 0. The molecular weight excluding hydrogens is 162 g/mol. The maximum Gasteiger partial charge on any atom is 0.400 e. The highest BCUT2D eigenvalue weighted by molar-refractivity contribution is 7.62. The first-order valence-corrected chi connectivity index (χ1v) is 2.89. The molecule has 0 bridgehead atoms. The lowest BCUT2D eigenvalue weighted by atomic mass is 11.2. The number of nitrogens with zero attached hydrogens (tertiary/aromatic N) is 3. The Kier molecular flexibility index (Phi) is 3.80. The number of carbonyl (C=O) groups excluding carboxylic acids is 2. The lowest BCUT2D eigenvalue weighted by Crippen LogP contribution is -1.80. The maximum absolute atomic E-state index is 10.0. The topological polar surface area (TPSA) is 105 Å². The smallest absolute Gasteiger partial charge is 0.275 e. The monoisotopic (exact) mass is 163 g/mol. The Bertz CT molecular complexity index is 280. The van der Waals surface area contributed by atoms with Crippen LogP contribution in [0.5, 0.6) is 0 Å². The van der Waals surface area contributed by atoms with Crippen LogP contribution in [0.3, 0.4) is 0 Å². The molecule has 0 atom stereocenters. The van der Waals surface area contributed by atoms with E-state index in [9.17, 15) is 18.0 Å². The molecule has 10 heavy (non-hydrogen) atoms. The van der Waals surface area contributed by atoms with Crippen LogP contribution in [-0.2, 0) is 15.3 Å². The van der Waals surface area contributed by atoms with Crippen molar-refractivity contribution in [1.82, 2.24) is 0 Å². The molecule has 0 unspecified atom stereocenters. The number of urea groups is 1. The van der Waals surface area contributed by atoms with Crippen molar-refractivity contribution in [3.8, 4) is 0 Å². The van der Waals surface area contributed by atoms with Gasteiger partial charge in [0.1, 0.15) is 0 Å². The van der Waals surface area contributed by atoms with Gasteiger partial charge in [0.2, 0.25) is 0 Å². The third-order valence-electron chi connectivity index (χ3n) is 0.343. The zero-order valence-electron chi connectivity index (χ0n) is 4.46. The molecule has 0 aliphatic rings. The summed E-state index contributed by atoms with van der Waals surface area (Å²) in [5.41, 5.74) is 0. The van der Waals surface area contributed by atoms with Gasteiger partial charge < -0.3 is 0 Å². The van der Waals surface area contributed by atoms with E-state index in [1.165, 1.54) is 0 Å². The third kappa shape index (κ3) is 4.71. The Morgan fingerprint density at radius 2 is 2.00 bits per heavy atom. The lowest BCUT2D eigenvalue weighted by molar-refractivity contribution is -0.107. The molecule has 0 aromatic rings. The van der Waals surface area contributed by atoms with Crippen molar-refractivity contribution in [2.45, 2.75) is 0 Å². The average Bonchev–Trinajstić information content (AvgIpc) is 1.82. The third-order valence-corrected chi connectivity index (χ3v) is 0.648. The van der Waals surface area contributed by atoms with Gasteiger partial charge in [-0.1, -0.05) is 9.48 Å². The van der Waals surface area contributed by atoms with Gasteiger partial charge in [-0.3, -0.25) is 4.79 Å². The fourth-order valence-electron chi connectivity index (χ4n) is 0.155. The van der Waals surface area contributed by atoms with Crippen molar-refractivity contribution in [3.63, 3.8) is 0 Å². The summed E-state index contributed by atoms with van der Waals surface area (Å²) in [7, 11) is -2.84. The second-order valence-electron chi connectivity index (χ2n) is 0.912. The zero-order chi connectivity index (χ0) is 7.98. The molecule has 0 rings (SSSR count). The number of azo groups is 1. The Hall–Kier alpha value is -1.44. The lowest BCUT2D eigenvalue weighted by Gasteiger charge is -1.68. The zero-order valence-corrected chi connectivity index (χ0v) is 5.28. The van der Waals surface area contributed by atoms with Gasteiger partial charge in [0.25, 0.3) is 6.41 Å². The van der Waals surface area contributed by atoms with Gasteiger partial charge in [-0.05, 0) is 0 Å². The van der Waals surface area contributed by atoms with Gasteiger partial charge in [0.05, 0.1) is 0 Å². The fraction of sp³-hybridized carbons (Fsp3) is 0. The summed E-state index contributed by atoms with van der Waals surface area (Å²) in [4.78, 5) is 19.4. The summed E-state index contributed by atoms with van der Waals surface area (Å²) >= 11 is 0. The molecule has 3 amide bonds. The van der Waals surface area contributed by atoms with E-state index in [1.54, 1.807) is 0 Å². The van der Waals surface area contributed by atoms with Crippen molar-refractivity contribution in [1.29, 1.82) is 0 Å². The van der Waals surface area contributed by atoms with E-state index in [1.807, 2.05) is 0 Å². The van der Waals surface area contributed by atoms with E-state index < -0.39 is 16.5 Å². The van der Waals surface area contributed by atoms with Crippen LogP contribution >= 0.6 is 0 Å². The van der Waals surface area contributed by atoms with Crippen LogP contribution < -0.4 is 0 Å². The Labute approximate surface area is 56.5 Å². The second-order valence-corrected chi connectivity index (χ2v) is 1.53. The molecule has 0 aliphatic heterocycles. The largest absolute Gasteiger partial charge is 0.400 e. The van der Waals surface area contributed by atoms with Crippen molar-refractivity contribution in [2.24, 2.45) is 14.6 Å². The van der Waals surface area contributed by atoms with E-state index in [-0.39, 0.29) is 6.41 Å². The average molecular weight is 163 g/mol. The van der Waals surface area contributed by atoms with E-state index in [0.29, 0.717) is 0 Å². The van der Waals surface area contributed by atoms with Gasteiger partial charge in [-0.2, -0.15) is 8.42 Å². The first-order chi connectivity index (χ1) is 4.66. The summed E-state index contributed by atoms with van der Waals surface area (Å²) in [5, 5.41) is 5.09. The minimum Gasteiger partial charge on any atom is -0.275 e. The van der Waals surface area contributed by atoms with Crippen molar-refractivity contribution in [2.75, 3.05) is 0 Å². The molecule has 54 valence electrons. The van der Waals surface area contributed by atoms with Gasteiger partial charge in [0.15, 0.2) is 0 Å². The maximum atomic E-state index is 10.0. The molecular formula is C2HN3O4S. The van der Waals surface area contributed by atoms with E-state index in [0.717, 1.165) is 0 Å². The highest BCUT2D eigenvalue weighted by Gasteiger charge is 1.91. The molecule has 0 heterocycles. The van der Waals surface area contributed by atoms with Crippen molar-refractivity contribution in [3.05, 3.63) is 0 Å². The van der Waals surface area contributed by atoms with Crippen molar-refractivity contribution < 1.29 is 18.0 Å². The van der Waals surface area contributed by atoms with Crippen LogP contribution in [0.1, 0.15) is 0 Å². The molecule has 7 nitrogen and oxygen atoms in total. The van der Waals surface area contributed by atoms with Crippen LogP contribution in [-0.4, -0.2) is 20.9 Å². The normalized spacial score (nSPS) is 9.20. The van der Waals surface area contributed by atoms with Gasteiger partial charge in [0, 0.05) is 0 Å². The molecule has 8 heteroatoms. The number of amides is 3. The van der Waals surface area contributed by atoms with Crippen LogP contribution in [0.25, 0.3) is 0 Å². The predicted octanol–water partition coefficient (Wildman–Crippen LogP) is -0.222. The van der Waals surface area contributed by atoms with Crippen LogP contribution in [0, 0.1) is 0 Å². The summed E-state index contributed by atoms with van der Waals surface area (Å²) < 4.78 is 21.6. The summed E-state index contributed by atoms with van der Waals surface area (Å²) in [6, 6.07) is -1.33. The first-order valence-electron chi connectivity index (χ1n) is 1.86. The molecule has 0 aromatic heterocycles. The SMILES string of the molecule is O=CN=NC(=O)N=S(=O)=O. The number of carbonyl (C=O) groups is 2. The highest BCUT2D eigenvalue weighted by atomic mass is 32.2. The number of rotatable bonds is 1. The Balaban J connectivity index is 4.27. The summed E-state index contributed by atoms with van der Waals surface area (Å²) in [6.07, 6.45) is -0.0128. The highest BCUT2D eigenvalue weighted by Crippen LogP contribution is 1.80. The molecule has 0 radical (unpaired) electrons. The summed E-state index contributed by atoms with van der Waals surface area (Å²) in [6.45, 7) is 0. The Morgan fingerprint density at radius 1 is 1.40 bits per heavy atom. The quantitative estimate of drug-likeness (QED) is 0.393. The van der Waals surface area contributed by atoms with Gasteiger partial charge in [-0.15, -0.1) is 5.11 Å². The molecule has 0 N–H and O–H groups in total. The molecule has 0 spiro atoms. The molecule has 0 saturated carbocycles. The first kappa shape index (κ1) is 8.56. The van der Waals surface area contributed by atoms with Crippen LogP contribution in [0.15, 0.2) is 14.6 Å². The minimum atomic E-state index is -2.84. The van der Waals surface area contributed by atoms with Crippen LogP contribution in [0.2, 0.25) is 0 Å². The predicted molar refractivity (Wildman–Crippen MR) is 27.7 cm³/mol. The van der Waals surface area contributed by atoms with Gasteiger partial charge >= 0.3 is 16.5 Å². The number of hydrogen-bond donors (Lipinski definition) is 0. The molecule has 0 saturated heterocycles. The van der Waals surface area contributed by atoms with E-state index >= 15 is 0 Å². The molecule has 0 aromatic carbocycles. The fourth-order valence-corrected chi connectivity index (χ4v) is 0.319. The van der Waals surface area contributed by atoms with Crippen LogP contribution in [0.4, 0.5) is 4.79 Å². The number of hydrogen-bond acceptors (Lipinski definition) is 4. The molecule has 0 aliphatic carbocycles.